The number of benzene rings is 3. The zero-order chi connectivity index (χ0) is 24.7. The van der Waals surface area contributed by atoms with Gasteiger partial charge < -0.3 is 14.2 Å². The van der Waals surface area contributed by atoms with Crippen LogP contribution in [-0.4, -0.2) is 25.8 Å². The van der Waals surface area contributed by atoms with Crippen LogP contribution in [0.15, 0.2) is 53.6 Å². The Bertz CT molecular complexity index is 1190. The van der Waals surface area contributed by atoms with Gasteiger partial charge in [0.25, 0.3) is 5.91 Å². The van der Waals surface area contributed by atoms with E-state index in [1.165, 1.54) is 0 Å². The highest BCUT2D eigenvalue weighted by molar-refractivity contribution is 6.32. The van der Waals surface area contributed by atoms with Crippen molar-refractivity contribution in [2.45, 2.75) is 27.4 Å². The number of carbonyl (C=O) groups excluding carboxylic acids is 1. The Morgan fingerprint density at radius 1 is 0.941 bits per heavy atom. The molecule has 0 radical (unpaired) electrons. The molecule has 1 N–H and O–H groups in total. The van der Waals surface area contributed by atoms with Crippen molar-refractivity contribution in [1.82, 2.24) is 5.43 Å². The van der Waals surface area contributed by atoms with Crippen LogP contribution in [0.3, 0.4) is 0 Å². The Morgan fingerprint density at radius 3 is 2.32 bits per heavy atom. The molecule has 0 aliphatic carbocycles. The van der Waals surface area contributed by atoms with E-state index in [4.69, 9.17) is 37.4 Å². The van der Waals surface area contributed by atoms with Crippen LogP contribution in [0.25, 0.3) is 0 Å². The van der Waals surface area contributed by atoms with Gasteiger partial charge in [0.15, 0.2) is 6.61 Å². The van der Waals surface area contributed by atoms with Gasteiger partial charge in [-0.05, 0) is 91.6 Å². The number of aryl methyl sites for hydroxylation is 3. The molecule has 0 fully saturated rings. The van der Waals surface area contributed by atoms with E-state index in [-0.39, 0.29) is 12.5 Å². The van der Waals surface area contributed by atoms with E-state index in [1.54, 1.807) is 31.5 Å². The number of carbonyl (C=O) groups is 1. The van der Waals surface area contributed by atoms with Crippen molar-refractivity contribution in [3.05, 3.63) is 86.4 Å². The molecule has 0 atom stereocenters. The fourth-order valence-electron chi connectivity index (χ4n) is 3.27. The molecule has 0 heterocycles. The molecule has 34 heavy (non-hydrogen) atoms. The Kier molecular flexibility index (Phi) is 8.79. The van der Waals surface area contributed by atoms with Gasteiger partial charge in [-0.2, -0.15) is 5.10 Å². The molecule has 1 amide bonds. The maximum atomic E-state index is 12.1. The molecule has 6 nitrogen and oxygen atoms in total. The van der Waals surface area contributed by atoms with Gasteiger partial charge in [0, 0.05) is 15.6 Å². The number of hydrogen-bond acceptors (Lipinski definition) is 5. The number of methoxy groups -OCH3 is 1. The predicted octanol–water partition coefficient (Wildman–Crippen LogP) is 6.04. The smallest absolute Gasteiger partial charge is 0.277 e. The first-order valence-electron chi connectivity index (χ1n) is 10.5. The van der Waals surface area contributed by atoms with E-state index in [2.05, 4.69) is 10.5 Å². The van der Waals surface area contributed by atoms with Crippen molar-refractivity contribution >= 4 is 35.3 Å². The molecule has 0 saturated carbocycles. The Labute approximate surface area is 209 Å². The highest BCUT2D eigenvalue weighted by atomic mass is 35.5. The van der Waals surface area contributed by atoms with Crippen LogP contribution in [-0.2, 0) is 11.4 Å². The second-order valence-electron chi connectivity index (χ2n) is 7.72. The summed E-state index contributed by atoms with van der Waals surface area (Å²) < 4.78 is 16.9. The summed E-state index contributed by atoms with van der Waals surface area (Å²) in [5.41, 5.74) is 6.83. The molecule has 3 aromatic rings. The van der Waals surface area contributed by atoms with Gasteiger partial charge >= 0.3 is 0 Å². The van der Waals surface area contributed by atoms with Crippen LogP contribution in [0.5, 0.6) is 17.2 Å². The van der Waals surface area contributed by atoms with Gasteiger partial charge in [-0.25, -0.2) is 5.43 Å². The first-order chi connectivity index (χ1) is 16.3. The zero-order valence-electron chi connectivity index (χ0n) is 19.4. The number of hydrogen-bond donors (Lipinski definition) is 1. The van der Waals surface area contributed by atoms with Crippen molar-refractivity contribution in [3.63, 3.8) is 0 Å². The lowest BCUT2D eigenvalue weighted by molar-refractivity contribution is -0.123. The molecule has 0 bridgehead atoms. The molecule has 3 rings (SSSR count). The standard InChI is InChI=1S/C26H26Cl2N2O4/c1-16-9-21(27)6-8-23(16)34-15-25(31)30-29-13-19-5-7-24(32-4)20(12-19)14-33-22-10-17(2)26(28)18(3)11-22/h5-13H,14-15H2,1-4H3,(H,30,31)/b29-13-. The lowest BCUT2D eigenvalue weighted by Crippen LogP contribution is -2.24. The van der Waals surface area contributed by atoms with E-state index in [9.17, 15) is 4.79 Å². The molecule has 0 unspecified atom stereocenters. The Balaban J connectivity index is 1.59. The number of amides is 1. The lowest BCUT2D eigenvalue weighted by atomic mass is 10.1. The third kappa shape index (κ3) is 6.89. The number of nitrogens with zero attached hydrogens (tertiary/aromatic N) is 1. The van der Waals surface area contributed by atoms with Crippen molar-refractivity contribution in [2.24, 2.45) is 5.10 Å². The summed E-state index contributed by atoms with van der Waals surface area (Å²) in [5, 5.41) is 5.36. The SMILES string of the molecule is COc1ccc(/C=N\NC(=O)COc2ccc(Cl)cc2C)cc1COc1cc(C)c(Cl)c(C)c1. The van der Waals surface area contributed by atoms with Crippen molar-refractivity contribution in [3.8, 4) is 17.2 Å². The molecular weight excluding hydrogens is 475 g/mol. The summed E-state index contributed by atoms with van der Waals surface area (Å²) in [5.74, 6) is 1.63. The minimum Gasteiger partial charge on any atom is -0.496 e. The van der Waals surface area contributed by atoms with Crippen LogP contribution in [0, 0.1) is 20.8 Å². The Morgan fingerprint density at radius 2 is 1.65 bits per heavy atom. The number of ether oxygens (including phenoxy) is 3. The maximum absolute atomic E-state index is 12.1. The molecule has 0 aromatic heterocycles. The first kappa shape index (κ1) is 25.4. The summed E-state index contributed by atoms with van der Waals surface area (Å²) in [7, 11) is 1.60. The molecule has 0 aliphatic heterocycles. The quantitative estimate of drug-likeness (QED) is 0.287. The zero-order valence-corrected chi connectivity index (χ0v) is 21.0. The van der Waals surface area contributed by atoms with E-state index in [0.717, 1.165) is 38.6 Å². The number of nitrogens with one attached hydrogen (secondary N) is 1. The van der Waals surface area contributed by atoms with E-state index in [0.29, 0.717) is 23.1 Å². The molecule has 8 heteroatoms. The molecular formula is C26H26Cl2N2O4. The molecule has 3 aromatic carbocycles. The summed E-state index contributed by atoms with van der Waals surface area (Å²) in [4.78, 5) is 12.1. The van der Waals surface area contributed by atoms with Gasteiger partial charge in [0.2, 0.25) is 0 Å². The summed E-state index contributed by atoms with van der Waals surface area (Å²) >= 11 is 12.2. The van der Waals surface area contributed by atoms with Crippen LogP contribution >= 0.6 is 23.2 Å². The normalized spacial score (nSPS) is 10.9. The molecule has 178 valence electrons. The second kappa shape index (κ2) is 11.8. The van der Waals surface area contributed by atoms with Crippen LogP contribution in [0.4, 0.5) is 0 Å². The fraction of sp³-hybridized carbons (Fsp3) is 0.231. The largest absolute Gasteiger partial charge is 0.496 e. The van der Waals surface area contributed by atoms with Gasteiger partial charge in [-0.3, -0.25) is 4.79 Å². The van der Waals surface area contributed by atoms with Gasteiger partial charge in [0.1, 0.15) is 23.9 Å². The third-order valence-corrected chi connectivity index (χ3v) is 5.84. The summed E-state index contributed by atoms with van der Waals surface area (Å²) in [6, 6.07) is 14.5. The van der Waals surface area contributed by atoms with Crippen LogP contribution < -0.4 is 19.6 Å². The number of hydrazone groups is 1. The number of rotatable bonds is 9. The Hall–Kier alpha value is -3.22. The van der Waals surface area contributed by atoms with E-state index < -0.39 is 0 Å². The lowest BCUT2D eigenvalue weighted by Gasteiger charge is -2.13. The summed E-state index contributed by atoms with van der Waals surface area (Å²) in [6.45, 7) is 5.87. The highest BCUT2D eigenvalue weighted by Crippen LogP contribution is 2.28. The topological polar surface area (TPSA) is 69.2 Å². The minimum absolute atomic E-state index is 0.165. The molecule has 0 spiro atoms. The van der Waals surface area contributed by atoms with Crippen molar-refractivity contribution < 1.29 is 19.0 Å². The average Bonchev–Trinajstić information content (AvgIpc) is 2.80. The van der Waals surface area contributed by atoms with Crippen LogP contribution in [0.1, 0.15) is 27.8 Å². The summed E-state index contributed by atoms with van der Waals surface area (Å²) in [6.07, 6.45) is 1.55. The average molecular weight is 501 g/mol. The molecule has 0 aliphatic rings. The van der Waals surface area contributed by atoms with Crippen LogP contribution in [0.2, 0.25) is 10.0 Å². The van der Waals surface area contributed by atoms with Crippen molar-refractivity contribution in [1.29, 1.82) is 0 Å². The first-order valence-corrected chi connectivity index (χ1v) is 11.3. The molecule has 0 saturated heterocycles. The predicted molar refractivity (Wildman–Crippen MR) is 136 cm³/mol. The second-order valence-corrected chi connectivity index (χ2v) is 8.54. The van der Waals surface area contributed by atoms with E-state index >= 15 is 0 Å². The number of halogens is 2. The van der Waals surface area contributed by atoms with E-state index in [1.807, 2.05) is 51.1 Å². The minimum atomic E-state index is -0.379. The van der Waals surface area contributed by atoms with Crippen molar-refractivity contribution in [2.75, 3.05) is 13.7 Å². The van der Waals surface area contributed by atoms with Gasteiger partial charge in [0.05, 0.1) is 13.3 Å². The third-order valence-electron chi connectivity index (χ3n) is 5.01. The maximum Gasteiger partial charge on any atom is 0.277 e. The van der Waals surface area contributed by atoms with Gasteiger partial charge in [-0.1, -0.05) is 23.2 Å². The fourth-order valence-corrected chi connectivity index (χ4v) is 3.61. The highest BCUT2D eigenvalue weighted by Gasteiger charge is 2.08. The monoisotopic (exact) mass is 500 g/mol. The van der Waals surface area contributed by atoms with Gasteiger partial charge in [-0.15, -0.1) is 0 Å².